The molecule has 1 aliphatic rings. The summed E-state index contributed by atoms with van der Waals surface area (Å²) in [6.45, 7) is 0.974. The number of aromatic nitrogens is 1. The topological polar surface area (TPSA) is 60.5 Å². The van der Waals surface area contributed by atoms with Crippen LogP contribution < -0.4 is 15.6 Å². The summed E-state index contributed by atoms with van der Waals surface area (Å²) in [5, 5.41) is -0.0232. The lowest BCUT2D eigenvalue weighted by Gasteiger charge is -2.26. The fourth-order valence-electron chi connectivity index (χ4n) is 2.28. The largest absolute Gasteiger partial charge is 0.419 e. The molecule has 2 rings (SSSR count). The third-order valence-corrected chi connectivity index (χ3v) is 3.63. The fourth-order valence-corrected chi connectivity index (χ4v) is 2.57. The number of rotatable bonds is 2. The molecular formula is C12H14ClF3N3O+. The Bertz CT molecular complexity index is 521. The first-order chi connectivity index (χ1) is 9.29. The molecule has 0 radical (unpaired) electrons. The number of hydrogen-bond donors (Lipinski definition) is 1. The number of alkyl halides is 3. The number of H-pyrrole nitrogens is 1. The highest BCUT2D eigenvalue weighted by molar-refractivity contribution is 6.32. The van der Waals surface area contributed by atoms with Crippen LogP contribution in [-0.2, 0) is 11.0 Å². The molecule has 1 aliphatic heterocycles. The normalized spacial score (nSPS) is 20.0. The van der Waals surface area contributed by atoms with Gasteiger partial charge >= 0.3 is 6.18 Å². The summed E-state index contributed by atoms with van der Waals surface area (Å²) in [7, 11) is 0. The van der Waals surface area contributed by atoms with Crippen LogP contribution in [0.4, 0.5) is 19.0 Å². The quantitative estimate of drug-likeness (QED) is 0.907. The summed E-state index contributed by atoms with van der Waals surface area (Å²) < 4.78 is 37.7. The second kappa shape index (κ2) is 5.47. The minimum Gasteiger partial charge on any atom is -0.369 e. The fraction of sp³-hybridized carbons (Fsp3) is 0.500. The summed E-state index contributed by atoms with van der Waals surface area (Å²) in [6, 6.07) is 0.876. The Balaban J connectivity index is 2.23. The van der Waals surface area contributed by atoms with E-state index in [-0.39, 0.29) is 10.9 Å². The van der Waals surface area contributed by atoms with Gasteiger partial charge in [-0.2, -0.15) is 13.2 Å². The van der Waals surface area contributed by atoms with Crippen LogP contribution in [0.3, 0.4) is 0 Å². The predicted octanol–water partition coefficient (Wildman–Crippen LogP) is 1.87. The third-order valence-electron chi connectivity index (χ3n) is 3.34. The number of piperidine rings is 1. The van der Waals surface area contributed by atoms with Crippen molar-refractivity contribution in [2.75, 3.05) is 18.0 Å². The first-order valence-corrected chi connectivity index (χ1v) is 6.49. The lowest BCUT2D eigenvalue weighted by atomic mass is 9.97. The van der Waals surface area contributed by atoms with Crippen molar-refractivity contribution in [1.29, 1.82) is 0 Å². The van der Waals surface area contributed by atoms with E-state index >= 15 is 0 Å². The first-order valence-electron chi connectivity index (χ1n) is 6.11. The Labute approximate surface area is 118 Å². The molecule has 0 bridgehead atoms. The van der Waals surface area contributed by atoms with Crippen molar-refractivity contribution in [3.63, 3.8) is 0 Å². The predicted molar refractivity (Wildman–Crippen MR) is 67.1 cm³/mol. The Kier molecular flexibility index (Phi) is 4.08. The molecule has 2 heterocycles. The number of amides is 1. The molecule has 4 nitrogen and oxygen atoms in total. The number of primary amides is 1. The Morgan fingerprint density at radius 2 is 2.20 bits per heavy atom. The van der Waals surface area contributed by atoms with E-state index in [4.69, 9.17) is 17.3 Å². The second-order valence-electron chi connectivity index (χ2n) is 4.77. The lowest BCUT2D eigenvalue weighted by molar-refractivity contribution is -0.367. The van der Waals surface area contributed by atoms with Gasteiger partial charge in [-0.1, -0.05) is 11.6 Å². The van der Waals surface area contributed by atoms with Crippen LogP contribution >= 0.6 is 11.6 Å². The van der Waals surface area contributed by atoms with Gasteiger partial charge in [0.25, 0.3) is 5.82 Å². The third kappa shape index (κ3) is 3.15. The summed E-state index contributed by atoms with van der Waals surface area (Å²) in [4.78, 5) is 15.5. The molecule has 8 heteroatoms. The van der Waals surface area contributed by atoms with Gasteiger partial charge < -0.3 is 5.73 Å². The summed E-state index contributed by atoms with van der Waals surface area (Å²) in [5.41, 5.74) is 4.43. The van der Waals surface area contributed by atoms with E-state index in [1.54, 1.807) is 4.90 Å². The molecule has 0 aliphatic carbocycles. The molecule has 0 aromatic carbocycles. The molecule has 1 atom stereocenters. The van der Waals surface area contributed by atoms with Gasteiger partial charge in [0.2, 0.25) is 5.91 Å². The molecule has 1 aromatic rings. The van der Waals surface area contributed by atoms with Crippen LogP contribution in [0.25, 0.3) is 0 Å². The number of pyridine rings is 1. The maximum atomic E-state index is 12.6. The van der Waals surface area contributed by atoms with Crippen LogP contribution in [0.5, 0.6) is 0 Å². The highest BCUT2D eigenvalue weighted by Crippen LogP contribution is 2.33. The van der Waals surface area contributed by atoms with Gasteiger partial charge in [-0.3, -0.25) is 9.69 Å². The van der Waals surface area contributed by atoms with Crippen molar-refractivity contribution in [2.45, 2.75) is 19.0 Å². The summed E-state index contributed by atoms with van der Waals surface area (Å²) in [5.74, 6) is -0.334. The van der Waals surface area contributed by atoms with Crippen LogP contribution in [-0.4, -0.2) is 19.0 Å². The smallest absolute Gasteiger partial charge is 0.369 e. The number of hydrogen-bond acceptors (Lipinski definition) is 2. The average molecular weight is 309 g/mol. The molecule has 110 valence electrons. The van der Waals surface area contributed by atoms with E-state index < -0.39 is 17.6 Å². The molecule has 3 N–H and O–H groups in total. The van der Waals surface area contributed by atoms with E-state index in [1.807, 2.05) is 0 Å². The van der Waals surface area contributed by atoms with Gasteiger partial charge in [0.15, 0.2) is 0 Å². The molecule has 20 heavy (non-hydrogen) atoms. The van der Waals surface area contributed by atoms with Crippen LogP contribution in [0.1, 0.15) is 18.4 Å². The zero-order chi connectivity index (χ0) is 14.9. The lowest BCUT2D eigenvalue weighted by Crippen LogP contribution is -2.43. The number of nitrogens with zero attached hydrogens (tertiary/aromatic N) is 1. The van der Waals surface area contributed by atoms with Gasteiger partial charge in [0.1, 0.15) is 11.2 Å². The number of nitrogens with one attached hydrogen (secondary N) is 1. The zero-order valence-corrected chi connectivity index (χ0v) is 11.3. The molecule has 1 aromatic heterocycles. The molecular weight excluding hydrogens is 295 g/mol. The Morgan fingerprint density at radius 3 is 2.75 bits per heavy atom. The van der Waals surface area contributed by atoms with Gasteiger partial charge in [-0.15, -0.1) is 0 Å². The summed E-state index contributed by atoms with van der Waals surface area (Å²) >= 11 is 5.91. The van der Waals surface area contributed by atoms with Gasteiger partial charge in [-0.05, 0) is 18.9 Å². The molecule has 1 saturated heterocycles. The van der Waals surface area contributed by atoms with Gasteiger partial charge in [-0.25, -0.2) is 4.98 Å². The number of anilines is 1. The SMILES string of the molecule is NC(=O)[C@H]1CCCN(c2[nH+]cc(C(F)(F)F)cc2Cl)C1. The number of carbonyl (C=O) groups is 1. The minimum atomic E-state index is -4.45. The Hall–Kier alpha value is -1.50. The highest BCUT2D eigenvalue weighted by atomic mass is 35.5. The molecule has 0 spiro atoms. The maximum Gasteiger partial charge on any atom is 0.419 e. The van der Waals surface area contributed by atoms with E-state index in [0.717, 1.165) is 18.7 Å². The maximum absolute atomic E-state index is 12.6. The number of aromatic amines is 1. The van der Waals surface area contributed by atoms with Gasteiger partial charge in [0.05, 0.1) is 24.6 Å². The monoisotopic (exact) mass is 308 g/mol. The molecule has 1 fully saturated rings. The molecule has 0 unspecified atom stereocenters. The first kappa shape index (κ1) is 14.9. The van der Waals surface area contributed by atoms with Crippen LogP contribution in [0.2, 0.25) is 5.02 Å². The van der Waals surface area contributed by atoms with E-state index in [2.05, 4.69) is 4.98 Å². The second-order valence-corrected chi connectivity index (χ2v) is 5.18. The van der Waals surface area contributed by atoms with Crippen LogP contribution in [0, 0.1) is 5.92 Å². The van der Waals surface area contributed by atoms with Crippen molar-refractivity contribution < 1.29 is 22.9 Å². The zero-order valence-electron chi connectivity index (χ0n) is 10.5. The number of carbonyl (C=O) groups excluding carboxylic acids is 1. The number of nitrogens with two attached hydrogens (primary N) is 1. The highest BCUT2D eigenvalue weighted by Gasteiger charge is 2.35. The molecule has 1 amide bonds. The molecule has 0 saturated carbocycles. The van der Waals surface area contributed by atoms with Crippen molar-refractivity contribution in [2.24, 2.45) is 11.7 Å². The van der Waals surface area contributed by atoms with E-state index in [0.29, 0.717) is 25.3 Å². The van der Waals surface area contributed by atoms with Crippen molar-refractivity contribution in [3.8, 4) is 0 Å². The summed E-state index contributed by atoms with van der Waals surface area (Å²) in [6.07, 6.45) is -2.16. The van der Waals surface area contributed by atoms with E-state index in [1.165, 1.54) is 0 Å². The van der Waals surface area contributed by atoms with Crippen LogP contribution in [0.15, 0.2) is 12.3 Å². The van der Waals surface area contributed by atoms with Crippen molar-refractivity contribution in [1.82, 2.24) is 0 Å². The van der Waals surface area contributed by atoms with E-state index in [9.17, 15) is 18.0 Å². The Morgan fingerprint density at radius 1 is 1.50 bits per heavy atom. The van der Waals surface area contributed by atoms with Gasteiger partial charge in [0, 0.05) is 0 Å². The minimum absolute atomic E-state index is 0.0232. The van der Waals surface area contributed by atoms with Crippen molar-refractivity contribution >= 4 is 23.3 Å². The standard InChI is InChI=1S/C12H13ClF3N3O/c13-9-4-8(12(14,15)16)5-18-11(9)19-3-1-2-7(6-19)10(17)20/h4-5,7H,1-3,6H2,(H2,17,20)/p+1/t7-/m0/s1. The average Bonchev–Trinajstić information content (AvgIpc) is 2.37. The van der Waals surface area contributed by atoms with Crippen molar-refractivity contribution in [3.05, 3.63) is 22.8 Å². The number of halogens is 4.